The molecule has 0 bridgehead atoms. The van der Waals surface area contributed by atoms with Crippen LogP contribution in [0.5, 0.6) is 0 Å². The van der Waals surface area contributed by atoms with Crippen LogP contribution in [0.2, 0.25) is 0 Å². The van der Waals surface area contributed by atoms with Gasteiger partial charge in [0.25, 0.3) is 0 Å². The van der Waals surface area contributed by atoms with E-state index in [4.69, 9.17) is 4.74 Å². The van der Waals surface area contributed by atoms with Gasteiger partial charge in [0.1, 0.15) is 11.4 Å². The van der Waals surface area contributed by atoms with Gasteiger partial charge >= 0.3 is 5.97 Å². The lowest BCUT2D eigenvalue weighted by Gasteiger charge is -2.26. The van der Waals surface area contributed by atoms with Crippen molar-refractivity contribution >= 4 is 5.97 Å². The lowest BCUT2D eigenvalue weighted by molar-refractivity contribution is -0.156. The molecule has 22 heavy (non-hydrogen) atoms. The molecule has 0 radical (unpaired) electrons. The molecule has 0 spiro atoms. The van der Waals surface area contributed by atoms with Gasteiger partial charge in [0.2, 0.25) is 0 Å². The van der Waals surface area contributed by atoms with E-state index in [9.17, 15) is 14.3 Å². The van der Waals surface area contributed by atoms with Gasteiger partial charge in [0, 0.05) is 12.6 Å². The zero-order chi connectivity index (χ0) is 16.3. The van der Waals surface area contributed by atoms with Gasteiger partial charge in [0.15, 0.2) is 0 Å². The number of rotatable bonds is 6. The van der Waals surface area contributed by atoms with E-state index >= 15 is 0 Å². The molecule has 1 aromatic carbocycles. The Morgan fingerprint density at radius 3 is 2.45 bits per heavy atom. The predicted octanol–water partition coefficient (Wildman–Crippen LogP) is 2.67. The van der Waals surface area contributed by atoms with Crippen LogP contribution in [-0.2, 0) is 9.53 Å². The maximum atomic E-state index is 12.9. The summed E-state index contributed by atoms with van der Waals surface area (Å²) in [5.41, 5.74) is 0.137. The van der Waals surface area contributed by atoms with Crippen LogP contribution in [0, 0.1) is 5.82 Å². The molecule has 122 valence electrons. The Morgan fingerprint density at radius 2 is 1.95 bits per heavy atom. The second kappa shape index (κ2) is 6.75. The van der Waals surface area contributed by atoms with E-state index in [0.717, 1.165) is 12.8 Å². The molecule has 0 aliphatic heterocycles. The average molecular weight is 309 g/mol. The summed E-state index contributed by atoms with van der Waals surface area (Å²) >= 11 is 0. The summed E-state index contributed by atoms with van der Waals surface area (Å²) in [5, 5.41) is 10.3. The summed E-state index contributed by atoms with van der Waals surface area (Å²) in [6, 6.07) is 6.11. The zero-order valence-electron chi connectivity index (χ0n) is 13.4. The molecule has 1 fully saturated rings. The minimum atomic E-state index is -0.747. The smallest absolute Gasteiger partial charge is 0.320 e. The molecule has 1 aromatic rings. The zero-order valence-corrected chi connectivity index (χ0v) is 13.4. The molecule has 0 heterocycles. The van der Waals surface area contributed by atoms with Gasteiger partial charge in [-0.05, 0) is 51.3 Å². The van der Waals surface area contributed by atoms with Crippen LogP contribution < -0.4 is 0 Å². The maximum Gasteiger partial charge on any atom is 0.320 e. The lowest BCUT2D eigenvalue weighted by atomic mass is 10.1. The largest absolute Gasteiger partial charge is 0.459 e. The average Bonchev–Trinajstić information content (AvgIpc) is 3.20. The summed E-state index contributed by atoms with van der Waals surface area (Å²) in [6.07, 6.45) is 1.31. The first kappa shape index (κ1) is 16.9. The highest BCUT2D eigenvalue weighted by molar-refractivity contribution is 5.72. The number of hydrogen-bond donors (Lipinski definition) is 1. The van der Waals surface area contributed by atoms with Crippen molar-refractivity contribution in [3.05, 3.63) is 35.6 Å². The van der Waals surface area contributed by atoms with Crippen LogP contribution in [-0.4, -0.2) is 40.7 Å². The summed E-state index contributed by atoms with van der Waals surface area (Å²) in [7, 11) is 0. The van der Waals surface area contributed by atoms with E-state index in [1.54, 1.807) is 12.1 Å². The van der Waals surface area contributed by atoms with Gasteiger partial charge in [0.05, 0.1) is 12.6 Å². The lowest BCUT2D eigenvalue weighted by Crippen LogP contribution is -2.38. The van der Waals surface area contributed by atoms with Crippen molar-refractivity contribution in [1.82, 2.24) is 4.90 Å². The fourth-order valence-electron chi connectivity index (χ4n) is 2.33. The van der Waals surface area contributed by atoms with Crippen LogP contribution in [0.25, 0.3) is 0 Å². The molecule has 5 heteroatoms. The second-order valence-electron chi connectivity index (χ2n) is 6.81. The molecule has 1 atom stereocenters. The Hall–Kier alpha value is -1.46. The third kappa shape index (κ3) is 5.39. The van der Waals surface area contributed by atoms with Crippen molar-refractivity contribution in [3.8, 4) is 0 Å². The van der Waals surface area contributed by atoms with Crippen molar-refractivity contribution in [2.24, 2.45) is 0 Å². The molecular weight excluding hydrogens is 285 g/mol. The Labute approximate surface area is 130 Å². The number of aliphatic hydroxyl groups is 1. The minimum absolute atomic E-state index is 0.167. The quantitative estimate of drug-likeness (QED) is 0.821. The number of aliphatic hydroxyl groups excluding tert-OH is 1. The van der Waals surface area contributed by atoms with Crippen molar-refractivity contribution in [2.45, 2.75) is 51.4 Å². The molecule has 0 aromatic heterocycles. The summed E-state index contributed by atoms with van der Waals surface area (Å²) in [5.74, 6) is -0.616. The highest BCUT2D eigenvalue weighted by atomic mass is 19.1. The minimum Gasteiger partial charge on any atom is -0.459 e. The molecule has 1 saturated carbocycles. The van der Waals surface area contributed by atoms with Gasteiger partial charge in [-0.1, -0.05) is 12.1 Å². The molecule has 4 nitrogen and oxygen atoms in total. The van der Waals surface area contributed by atoms with Crippen LogP contribution in [0.15, 0.2) is 24.3 Å². The first-order valence-corrected chi connectivity index (χ1v) is 7.64. The number of ether oxygens (including phenoxy) is 1. The van der Waals surface area contributed by atoms with Crippen molar-refractivity contribution in [1.29, 1.82) is 0 Å². The third-order valence-electron chi connectivity index (χ3n) is 3.48. The molecule has 0 saturated heterocycles. The summed E-state index contributed by atoms with van der Waals surface area (Å²) < 4.78 is 18.3. The van der Waals surface area contributed by atoms with Crippen molar-refractivity contribution < 1.29 is 19.0 Å². The van der Waals surface area contributed by atoms with Gasteiger partial charge < -0.3 is 9.84 Å². The van der Waals surface area contributed by atoms with Crippen molar-refractivity contribution in [2.75, 3.05) is 13.1 Å². The monoisotopic (exact) mass is 309 g/mol. The topological polar surface area (TPSA) is 49.8 Å². The number of benzene rings is 1. The number of hydrogen-bond acceptors (Lipinski definition) is 4. The SMILES string of the molecule is CC(C)(C)OC(=O)CN(C[C@H](O)c1ccc(F)cc1)C1CC1. The molecule has 1 N–H and O–H groups in total. The van der Waals surface area contributed by atoms with E-state index in [1.165, 1.54) is 12.1 Å². The number of esters is 1. The van der Waals surface area contributed by atoms with E-state index < -0.39 is 11.7 Å². The van der Waals surface area contributed by atoms with Gasteiger partial charge in [-0.15, -0.1) is 0 Å². The Morgan fingerprint density at radius 1 is 1.36 bits per heavy atom. The summed E-state index contributed by atoms with van der Waals surface area (Å²) in [4.78, 5) is 13.9. The third-order valence-corrected chi connectivity index (χ3v) is 3.48. The van der Waals surface area contributed by atoms with E-state index in [2.05, 4.69) is 0 Å². The van der Waals surface area contributed by atoms with Gasteiger partial charge in [-0.3, -0.25) is 9.69 Å². The molecule has 0 unspecified atom stereocenters. The number of nitrogens with zero attached hydrogens (tertiary/aromatic N) is 1. The molecule has 1 aliphatic carbocycles. The number of carbonyl (C=O) groups is 1. The number of halogens is 1. The number of carbonyl (C=O) groups excluding carboxylic acids is 1. The first-order chi connectivity index (χ1) is 10.2. The van der Waals surface area contributed by atoms with Crippen LogP contribution >= 0.6 is 0 Å². The standard InChI is InChI=1S/C17H24FNO3/c1-17(2,3)22-16(21)11-19(14-8-9-14)10-15(20)12-4-6-13(18)7-5-12/h4-7,14-15,20H,8-11H2,1-3H3/t15-/m0/s1. The Bertz CT molecular complexity index is 506. The van der Waals surface area contributed by atoms with E-state index in [-0.39, 0.29) is 18.3 Å². The van der Waals surface area contributed by atoms with Crippen LogP contribution in [0.1, 0.15) is 45.3 Å². The van der Waals surface area contributed by atoms with Gasteiger partial charge in [-0.2, -0.15) is 0 Å². The maximum absolute atomic E-state index is 12.9. The second-order valence-corrected chi connectivity index (χ2v) is 6.81. The van der Waals surface area contributed by atoms with Gasteiger partial charge in [-0.25, -0.2) is 4.39 Å². The normalized spacial score (nSPS) is 16.6. The van der Waals surface area contributed by atoms with E-state index in [1.807, 2.05) is 25.7 Å². The molecule has 0 amide bonds. The molecule has 1 aliphatic rings. The first-order valence-electron chi connectivity index (χ1n) is 7.64. The molecular formula is C17H24FNO3. The van der Waals surface area contributed by atoms with Crippen LogP contribution in [0.3, 0.4) is 0 Å². The molecule has 2 rings (SSSR count). The van der Waals surface area contributed by atoms with E-state index in [0.29, 0.717) is 18.2 Å². The highest BCUT2D eigenvalue weighted by Gasteiger charge is 2.33. The van der Waals surface area contributed by atoms with Crippen molar-refractivity contribution in [3.63, 3.8) is 0 Å². The Kier molecular flexibility index (Phi) is 5.19. The Balaban J connectivity index is 1.94. The highest BCUT2D eigenvalue weighted by Crippen LogP contribution is 2.29. The predicted molar refractivity (Wildman–Crippen MR) is 81.8 cm³/mol. The fourth-order valence-corrected chi connectivity index (χ4v) is 2.33. The van der Waals surface area contributed by atoms with Crippen LogP contribution in [0.4, 0.5) is 4.39 Å². The fraction of sp³-hybridized carbons (Fsp3) is 0.588. The summed E-state index contributed by atoms with van der Waals surface area (Å²) in [6.45, 7) is 6.01.